The summed E-state index contributed by atoms with van der Waals surface area (Å²) >= 11 is 8.74. The van der Waals surface area contributed by atoms with Crippen LogP contribution in [0.25, 0.3) is 0 Å². The molecule has 23 heavy (non-hydrogen) atoms. The Morgan fingerprint density at radius 3 is 2.09 bits per heavy atom. The quantitative estimate of drug-likeness (QED) is 0.613. The van der Waals surface area contributed by atoms with E-state index in [0.717, 1.165) is 6.07 Å². The number of carbonyl (C=O) groups is 2. The molecule has 0 aliphatic carbocycles. The van der Waals surface area contributed by atoms with Gasteiger partial charge in [-0.1, -0.05) is 11.6 Å². The molecule has 2 rings (SSSR count). The molecule has 0 saturated heterocycles. The predicted molar refractivity (Wildman–Crippen MR) is 87.2 cm³/mol. The third-order valence-corrected chi connectivity index (χ3v) is 3.72. The normalized spacial score (nSPS) is 10.0. The summed E-state index contributed by atoms with van der Waals surface area (Å²) in [5.41, 5.74) is 4.50. The van der Waals surface area contributed by atoms with Crippen molar-refractivity contribution in [2.24, 2.45) is 0 Å². The highest BCUT2D eigenvalue weighted by atomic mass is 79.9. The van der Waals surface area contributed by atoms with E-state index in [9.17, 15) is 19.7 Å². The maximum Gasteiger partial charge on any atom is 0.284 e. The SMILES string of the molecule is O=C(NNC(=O)c1ccc(Br)c([N+](=O)[O-])c1)c1ccc(Cl)cc1. The Bertz CT molecular complexity index is 780. The molecule has 0 spiro atoms. The number of nitrogens with zero attached hydrogens (tertiary/aromatic N) is 1. The number of carbonyl (C=O) groups excluding carboxylic acids is 2. The summed E-state index contributed by atoms with van der Waals surface area (Å²) in [6.07, 6.45) is 0. The molecule has 0 aliphatic heterocycles. The minimum atomic E-state index is -0.678. The van der Waals surface area contributed by atoms with Crippen molar-refractivity contribution >= 4 is 45.0 Å². The molecule has 7 nitrogen and oxygen atoms in total. The van der Waals surface area contributed by atoms with E-state index in [2.05, 4.69) is 26.8 Å². The van der Waals surface area contributed by atoms with Crippen molar-refractivity contribution in [3.8, 4) is 0 Å². The molecule has 0 heterocycles. The Morgan fingerprint density at radius 2 is 1.52 bits per heavy atom. The largest absolute Gasteiger partial charge is 0.284 e. The van der Waals surface area contributed by atoms with Crippen molar-refractivity contribution in [2.75, 3.05) is 0 Å². The maximum atomic E-state index is 11.9. The number of hydrazine groups is 1. The molecule has 0 atom stereocenters. The van der Waals surface area contributed by atoms with Crippen LogP contribution in [0.15, 0.2) is 46.9 Å². The van der Waals surface area contributed by atoms with Crippen molar-refractivity contribution in [3.05, 3.63) is 73.2 Å². The van der Waals surface area contributed by atoms with Gasteiger partial charge in [0.25, 0.3) is 17.5 Å². The van der Waals surface area contributed by atoms with Gasteiger partial charge in [-0.25, -0.2) is 0 Å². The third-order valence-electron chi connectivity index (χ3n) is 2.80. The summed E-state index contributed by atoms with van der Waals surface area (Å²) in [6.45, 7) is 0. The molecule has 2 aromatic rings. The van der Waals surface area contributed by atoms with Gasteiger partial charge in [-0.3, -0.25) is 30.6 Å². The van der Waals surface area contributed by atoms with Crippen LogP contribution in [0, 0.1) is 10.1 Å². The van der Waals surface area contributed by atoms with Gasteiger partial charge in [-0.2, -0.15) is 0 Å². The number of nitrogens with one attached hydrogen (secondary N) is 2. The highest BCUT2D eigenvalue weighted by Crippen LogP contribution is 2.25. The topological polar surface area (TPSA) is 101 Å². The van der Waals surface area contributed by atoms with Crippen LogP contribution in [0.4, 0.5) is 5.69 Å². The van der Waals surface area contributed by atoms with E-state index in [0.29, 0.717) is 10.6 Å². The molecule has 9 heteroatoms. The molecule has 0 bridgehead atoms. The van der Waals surface area contributed by atoms with Crippen LogP contribution in [0.5, 0.6) is 0 Å². The lowest BCUT2D eigenvalue weighted by Gasteiger charge is -2.08. The highest BCUT2D eigenvalue weighted by Gasteiger charge is 2.16. The van der Waals surface area contributed by atoms with E-state index in [4.69, 9.17) is 11.6 Å². The van der Waals surface area contributed by atoms with Crippen molar-refractivity contribution < 1.29 is 14.5 Å². The summed E-state index contributed by atoms with van der Waals surface area (Å²) in [6, 6.07) is 9.94. The van der Waals surface area contributed by atoms with E-state index >= 15 is 0 Å². The molecule has 0 aromatic heterocycles. The zero-order valence-corrected chi connectivity index (χ0v) is 13.7. The fourth-order valence-corrected chi connectivity index (χ4v) is 2.17. The molecule has 2 aromatic carbocycles. The molecular weight excluding hydrogens is 390 g/mol. The summed E-state index contributed by atoms with van der Waals surface area (Å²) in [5.74, 6) is -1.22. The fourth-order valence-electron chi connectivity index (χ4n) is 1.65. The summed E-state index contributed by atoms with van der Waals surface area (Å²) in [4.78, 5) is 34.0. The average Bonchev–Trinajstić information content (AvgIpc) is 2.53. The zero-order chi connectivity index (χ0) is 17.0. The van der Waals surface area contributed by atoms with Crippen LogP contribution in [-0.4, -0.2) is 16.7 Å². The van der Waals surface area contributed by atoms with E-state index < -0.39 is 16.7 Å². The molecule has 0 unspecified atom stereocenters. The first kappa shape index (κ1) is 16.9. The lowest BCUT2D eigenvalue weighted by molar-refractivity contribution is -0.385. The Labute approximate surface area is 143 Å². The van der Waals surface area contributed by atoms with Gasteiger partial charge >= 0.3 is 0 Å². The molecule has 118 valence electrons. The molecule has 2 amide bonds. The maximum absolute atomic E-state index is 11.9. The molecule has 0 radical (unpaired) electrons. The van der Waals surface area contributed by atoms with Crippen molar-refractivity contribution in [1.29, 1.82) is 0 Å². The summed E-state index contributed by atoms with van der Waals surface area (Å²) in [7, 11) is 0. The van der Waals surface area contributed by atoms with Crippen molar-refractivity contribution in [3.63, 3.8) is 0 Å². The van der Waals surface area contributed by atoms with Crippen LogP contribution in [0.1, 0.15) is 20.7 Å². The second-order valence-electron chi connectivity index (χ2n) is 4.34. The van der Waals surface area contributed by atoms with Gasteiger partial charge in [0.2, 0.25) is 0 Å². The van der Waals surface area contributed by atoms with E-state index in [-0.39, 0.29) is 15.7 Å². The average molecular weight is 399 g/mol. The number of hydrogen-bond acceptors (Lipinski definition) is 4. The summed E-state index contributed by atoms with van der Waals surface area (Å²) < 4.78 is 0.254. The number of benzene rings is 2. The fraction of sp³-hybridized carbons (Fsp3) is 0. The van der Waals surface area contributed by atoms with Crippen LogP contribution < -0.4 is 10.9 Å². The lowest BCUT2D eigenvalue weighted by atomic mass is 10.2. The van der Waals surface area contributed by atoms with Gasteiger partial charge in [0.05, 0.1) is 9.40 Å². The summed E-state index contributed by atoms with van der Waals surface area (Å²) in [5, 5.41) is 11.3. The molecule has 2 N–H and O–H groups in total. The molecule has 0 saturated carbocycles. The first-order chi connectivity index (χ1) is 10.9. The second-order valence-corrected chi connectivity index (χ2v) is 5.63. The number of amides is 2. The Balaban J connectivity index is 2.05. The Morgan fingerprint density at radius 1 is 1.00 bits per heavy atom. The number of nitro benzene ring substituents is 1. The minimum Gasteiger partial charge on any atom is -0.267 e. The van der Waals surface area contributed by atoms with Gasteiger partial charge in [0.15, 0.2) is 0 Å². The monoisotopic (exact) mass is 397 g/mol. The minimum absolute atomic E-state index is 0.0382. The molecule has 0 aliphatic rings. The Kier molecular flexibility index (Phi) is 5.30. The van der Waals surface area contributed by atoms with E-state index in [1.54, 1.807) is 0 Å². The molecule has 0 fully saturated rings. The highest BCUT2D eigenvalue weighted by molar-refractivity contribution is 9.10. The van der Waals surface area contributed by atoms with Crippen molar-refractivity contribution in [1.82, 2.24) is 10.9 Å². The lowest BCUT2D eigenvalue weighted by Crippen LogP contribution is -2.41. The van der Waals surface area contributed by atoms with Crippen LogP contribution >= 0.6 is 27.5 Å². The first-order valence-electron chi connectivity index (χ1n) is 6.18. The standard InChI is InChI=1S/C14H9BrClN3O4/c15-11-6-3-9(7-12(11)19(22)23)14(21)18-17-13(20)8-1-4-10(16)5-2-8/h1-7H,(H,17,20)(H,18,21). The smallest absolute Gasteiger partial charge is 0.267 e. The third kappa shape index (κ3) is 4.27. The predicted octanol–water partition coefficient (Wildman–Crippen LogP) is 3.09. The van der Waals surface area contributed by atoms with Crippen LogP contribution in [-0.2, 0) is 0 Å². The van der Waals surface area contributed by atoms with Crippen molar-refractivity contribution in [2.45, 2.75) is 0 Å². The van der Waals surface area contributed by atoms with Gasteiger partial charge in [0, 0.05) is 22.2 Å². The van der Waals surface area contributed by atoms with Crippen LogP contribution in [0.3, 0.4) is 0 Å². The zero-order valence-electron chi connectivity index (χ0n) is 11.4. The Hall–Kier alpha value is -2.45. The molecular formula is C14H9BrClN3O4. The number of nitro groups is 1. The first-order valence-corrected chi connectivity index (χ1v) is 7.36. The van der Waals surface area contributed by atoms with Gasteiger partial charge in [-0.05, 0) is 52.3 Å². The number of hydrogen-bond donors (Lipinski definition) is 2. The number of halogens is 2. The van der Waals surface area contributed by atoms with E-state index in [1.165, 1.54) is 36.4 Å². The van der Waals surface area contributed by atoms with Crippen LogP contribution in [0.2, 0.25) is 5.02 Å². The van der Waals surface area contributed by atoms with Gasteiger partial charge < -0.3 is 0 Å². The second kappa shape index (κ2) is 7.21. The van der Waals surface area contributed by atoms with E-state index in [1.807, 2.05) is 0 Å². The van der Waals surface area contributed by atoms with Gasteiger partial charge in [-0.15, -0.1) is 0 Å². The van der Waals surface area contributed by atoms with Gasteiger partial charge in [0.1, 0.15) is 0 Å². The number of rotatable bonds is 3.